The van der Waals surface area contributed by atoms with E-state index in [1.165, 1.54) is 31.7 Å². The van der Waals surface area contributed by atoms with Gasteiger partial charge in [-0.1, -0.05) is 28.8 Å². The fourth-order valence-electron chi connectivity index (χ4n) is 3.40. The molecule has 0 aromatic heterocycles. The molecule has 2 aliphatic rings. The maximum Gasteiger partial charge on any atom is 0.123 e. The number of benzene rings is 1. The molecule has 1 aromatic carbocycles. The Morgan fingerprint density at radius 3 is 2.83 bits per heavy atom. The van der Waals surface area contributed by atoms with Crippen molar-refractivity contribution in [3.05, 3.63) is 29.6 Å². The Bertz CT molecular complexity index is 440. The predicted octanol–water partition coefficient (Wildman–Crippen LogP) is 4.47. The molecular formula is C15H18BrFO. The van der Waals surface area contributed by atoms with Crippen LogP contribution in [0.4, 0.5) is 4.39 Å². The standard InChI is InChI=1S/C15H18BrFO/c16-10-15(5-1-2-6-15)9-13-8-11-7-12(17)3-4-14(11)18-13/h3-4,7,13H,1-2,5-6,8-10H2. The minimum atomic E-state index is -0.158. The number of halogens is 2. The van der Waals surface area contributed by atoms with Crippen LogP contribution in [0, 0.1) is 11.2 Å². The van der Waals surface area contributed by atoms with E-state index in [1.807, 2.05) is 0 Å². The van der Waals surface area contributed by atoms with Gasteiger partial charge in [-0.15, -0.1) is 0 Å². The highest BCUT2D eigenvalue weighted by Gasteiger charge is 2.37. The summed E-state index contributed by atoms with van der Waals surface area (Å²) in [6.07, 6.45) is 7.44. The first-order chi connectivity index (χ1) is 8.71. The van der Waals surface area contributed by atoms with Gasteiger partial charge in [-0.05, 0) is 42.9 Å². The average Bonchev–Trinajstić information content (AvgIpc) is 2.96. The number of alkyl halides is 1. The molecule has 0 N–H and O–H groups in total. The van der Waals surface area contributed by atoms with Crippen molar-refractivity contribution in [2.24, 2.45) is 5.41 Å². The van der Waals surface area contributed by atoms with Crippen LogP contribution in [0.25, 0.3) is 0 Å². The number of hydrogen-bond acceptors (Lipinski definition) is 1. The Morgan fingerprint density at radius 2 is 2.11 bits per heavy atom. The van der Waals surface area contributed by atoms with Crippen molar-refractivity contribution in [3.63, 3.8) is 0 Å². The third-order valence-electron chi connectivity index (χ3n) is 4.37. The summed E-state index contributed by atoms with van der Waals surface area (Å²) in [6.45, 7) is 0. The molecule has 1 aromatic rings. The maximum absolute atomic E-state index is 13.2. The van der Waals surface area contributed by atoms with Crippen LogP contribution in [0.15, 0.2) is 18.2 Å². The molecule has 1 aliphatic carbocycles. The third kappa shape index (κ3) is 2.29. The van der Waals surface area contributed by atoms with Crippen LogP contribution >= 0.6 is 15.9 Å². The number of ether oxygens (including phenoxy) is 1. The van der Waals surface area contributed by atoms with Crippen molar-refractivity contribution >= 4 is 15.9 Å². The van der Waals surface area contributed by atoms with Crippen molar-refractivity contribution in [3.8, 4) is 5.75 Å². The van der Waals surface area contributed by atoms with E-state index >= 15 is 0 Å². The highest BCUT2D eigenvalue weighted by atomic mass is 79.9. The van der Waals surface area contributed by atoms with Crippen LogP contribution in [0.5, 0.6) is 5.75 Å². The summed E-state index contributed by atoms with van der Waals surface area (Å²) >= 11 is 3.67. The van der Waals surface area contributed by atoms with Gasteiger partial charge in [0.1, 0.15) is 17.7 Å². The summed E-state index contributed by atoms with van der Waals surface area (Å²) in [5.74, 6) is 0.721. The van der Waals surface area contributed by atoms with E-state index in [-0.39, 0.29) is 11.9 Å². The lowest BCUT2D eigenvalue weighted by Gasteiger charge is -2.29. The van der Waals surface area contributed by atoms with Gasteiger partial charge in [0.05, 0.1) is 0 Å². The van der Waals surface area contributed by atoms with Crippen LogP contribution in [0.3, 0.4) is 0 Å². The monoisotopic (exact) mass is 312 g/mol. The zero-order chi connectivity index (χ0) is 12.6. The fraction of sp³-hybridized carbons (Fsp3) is 0.600. The van der Waals surface area contributed by atoms with Gasteiger partial charge in [-0.3, -0.25) is 0 Å². The molecule has 0 saturated heterocycles. The molecule has 1 nitrogen and oxygen atoms in total. The highest BCUT2D eigenvalue weighted by molar-refractivity contribution is 9.09. The Kier molecular flexibility index (Phi) is 3.35. The van der Waals surface area contributed by atoms with E-state index < -0.39 is 0 Å². The van der Waals surface area contributed by atoms with Crippen LogP contribution in [-0.2, 0) is 6.42 Å². The minimum absolute atomic E-state index is 0.158. The second-order valence-electron chi connectivity index (χ2n) is 5.74. The van der Waals surface area contributed by atoms with Crippen LogP contribution in [0.2, 0.25) is 0 Å². The first-order valence-corrected chi connectivity index (χ1v) is 7.84. The molecule has 1 heterocycles. The number of rotatable bonds is 3. The quantitative estimate of drug-likeness (QED) is 0.748. The summed E-state index contributed by atoms with van der Waals surface area (Å²) in [6, 6.07) is 4.86. The maximum atomic E-state index is 13.2. The van der Waals surface area contributed by atoms with Gasteiger partial charge in [0.15, 0.2) is 0 Å². The van der Waals surface area contributed by atoms with Gasteiger partial charge in [0.25, 0.3) is 0 Å². The first-order valence-electron chi connectivity index (χ1n) is 6.72. The van der Waals surface area contributed by atoms with Crippen LogP contribution in [0.1, 0.15) is 37.7 Å². The Labute approximate surface area is 116 Å². The van der Waals surface area contributed by atoms with Crippen molar-refractivity contribution in [2.45, 2.75) is 44.6 Å². The smallest absolute Gasteiger partial charge is 0.123 e. The summed E-state index contributed by atoms with van der Waals surface area (Å²) in [4.78, 5) is 0. The van der Waals surface area contributed by atoms with E-state index in [9.17, 15) is 4.39 Å². The third-order valence-corrected chi connectivity index (χ3v) is 5.56. The zero-order valence-corrected chi connectivity index (χ0v) is 12.0. The SMILES string of the molecule is Fc1ccc2c(c1)CC(CC1(CBr)CCCC1)O2. The Morgan fingerprint density at radius 1 is 1.33 bits per heavy atom. The molecule has 1 aliphatic heterocycles. The molecule has 1 saturated carbocycles. The van der Waals surface area contributed by atoms with Crippen molar-refractivity contribution in [1.82, 2.24) is 0 Å². The molecule has 0 amide bonds. The molecule has 0 radical (unpaired) electrons. The van der Waals surface area contributed by atoms with Crippen molar-refractivity contribution in [1.29, 1.82) is 0 Å². The molecule has 1 unspecified atom stereocenters. The normalized spacial score (nSPS) is 24.9. The molecule has 18 heavy (non-hydrogen) atoms. The molecule has 3 heteroatoms. The van der Waals surface area contributed by atoms with E-state index in [0.717, 1.165) is 29.5 Å². The van der Waals surface area contributed by atoms with Gasteiger partial charge in [0, 0.05) is 17.3 Å². The lowest BCUT2D eigenvalue weighted by Crippen LogP contribution is -2.27. The lowest BCUT2D eigenvalue weighted by molar-refractivity contribution is 0.153. The minimum Gasteiger partial charge on any atom is -0.490 e. The van der Waals surface area contributed by atoms with Gasteiger partial charge < -0.3 is 4.74 Å². The second kappa shape index (κ2) is 4.84. The fourth-order valence-corrected chi connectivity index (χ4v) is 4.19. The molecule has 0 bridgehead atoms. The van der Waals surface area contributed by atoms with E-state index in [2.05, 4.69) is 15.9 Å². The summed E-state index contributed by atoms with van der Waals surface area (Å²) in [5, 5.41) is 1.06. The second-order valence-corrected chi connectivity index (χ2v) is 6.30. The molecule has 98 valence electrons. The molecule has 1 fully saturated rings. The Balaban J connectivity index is 1.70. The molecule has 1 atom stereocenters. The summed E-state index contributed by atoms with van der Waals surface area (Å²) < 4.78 is 19.1. The average molecular weight is 313 g/mol. The van der Waals surface area contributed by atoms with Crippen LogP contribution < -0.4 is 4.74 Å². The lowest BCUT2D eigenvalue weighted by atomic mass is 9.82. The predicted molar refractivity (Wildman–Crippen MR) is 73.8 cm³/mol. The van der Waals surface area contributed by atoms with E-state index in [1.54, 1.807) is 12.1 Å². The zero-order valence-electron chi connectivity index (χ0n) is 10.4. The number of hydrogen-bond donors (Lipinski definition) is 0. The first kappa shape index (κ1) is 12.5. The Hall–Kier alpha value is -0.570. The highest BCUT2D eigenvalue weighted by Crippen LogP contribution is 2.45. The summed E-state index contributed by atoms with van der Waals surface area (Å²) in [5.41, 5.74) is 1.44. The largest absolute Gasteiger partial charge is 0.490 e. The molecule has 0 spiro atoms. The van der Waals surface area contributed by atoms with E-state index in [0.29, 0.717) is 5.41 Å². The number of fused-ring (bicyclic) bond motifs is 1. The van der Waals surface area contributed by atoms with Crippen molar-refractivity contribution < 1.29 is 9.13 Å². The van der Waals surface area contributed by atoms with Gasteiger partial charge >= 0.3 is 0 Å². The molecule has 3 rings (SSSR count). The van der Waals surface area contributed by atoms with Crippen LogP contribution in [-0.4, -0.2) is 11.4 Å². The van der Waals surface area contributed by atoms with Gasteiger partial charge in [0.2, 0.25) is 0 Å². The van der Waals surface area contributed by atoms with Gasteiger partial charge in [-0.25, -0.2) is 4.39 Å². The molecular weight excluding hydrogens is 295 g/mol. The summed E-state index contributed by atoms with van der Waals surface area (Å²) in [7, 11) is 0. The van der Waals surface area contributed by atoms with Crippen molar-refractivity contribution in [2.75, 3.05) is 5.33 Å². The van der Waals surface area contributed by atoms with Gasteiger partial charge in [-0.2, -0.15) is 0 Å². The topological polar surface area (TPSA) is 9.23 Å². The van der Waals surface area contributed by atoms with E-state index in [4.69, 9.17) is 4.74 Å².